The van der Waals surface area contributed by atoms with Crippen LogP contribution in [0.4, 0.5) is 22.7 Å². The van der Waals surface area contributed by atoms with Crippen LogP contribution in [-0.4, -0.2) is 16.2 Å². The zero-order valence-electron chi connectivity index (χ0n) is 39.9. The van der Waals surface area contributed by atoms with Crippen LogP contribution in [0.5, 0.6) is 11.5 Å². The molecule has 0 amide bonds. The molecule has 1 aliphatic heterocycles. The maximum Gasteiger partial charge on any atom is 0.137 e. The van der Waals surface area contributed by atoms with E-state index in [-0.39, 0.29) is 21.7 Å². The van der Waals surface area contributed by atoms with E-state index in [1.807, 2.05) is 6.20 Å². The van der Waals surface area contributed by atoms with Gasteiger partial charge < -0.3 is 14.5 Å². The zero-order chi connectivity index (χ0) is 44.5. The monoisotopic (exact) mass is 825 g/mol. The van der Waals surface area contributed by atoms with Crippen molar-refractivity contribution >= 4 is 44.6 Å². The molecule has 0 saturated heterocycles. The molecule has 8 rings (SSSR count). The van der Waals surface area contributed by atoms with Crippen molar-refractivity contribution in [2.24, 2.45) is 0 Å². The lowest BCUT2D eigenvalue weighted by molar-refractivity contribution is 0.479. The largest absolute Gasteiger partial charge is 0.457 e. The van der Waals surface area contributed by atoms with Gasteiger partial charge in [0.2, 0.25) is 0 Å². The summed E-state index contributed by atoms with van der Waals surface area (Å²) in [5.41, 5.74) is 13.4. The smallest absolute Gasteiger partial charge is 0.137 e. The quantitative estimate of drug-likeness (QED) is 0.153. The first-order valence-corrected chi connectivity index (χ1v) is 22.8. The van der Waals surface area contributed by atoms with E-state index < -0.39 is 0 Å². The van der Waals surface area contributed by atoms with Crippen molar-refractivity contribution in [1.82, 2.24) is 9.55 Å². The number of aromatic nitrogens is 2. The minimum absolute atomic E-state index is 0.00401. The minimum Gasteiger partial charge on any atom is -0.457 e. The highest BCUT2D eigenvalue weighted by Crippen LogP contribution is 2.48. The lowest BCUT2D eigenvalue weighted by atomic mass is 9.86. The fraction of sp³-hybridized carbons (Fsp3) is 0.386. The van der Waals surface area contributed by atoms with Gasteiger partial charge in [-0.05, 0) is 141 Å². The molecule has 1 aliphatic rings. The predicted molar refractivity (Wildman–Crippen MR) is 265 cm³/mol. The third kappa shape index (κ3) is 8.23. The van der Waals surface area contributed by atoms with Gasteiger partial charge in [-0.2, -0.15) is 0 Å². The Morgan fingerprint density at radius 2 is 1.16 bits per heavy atom. The van der Waals surface area contributed by atoms with E-state index in [9.17, 15) is 0 Å². The van der Waals surface area contributed by atoms with E-state index in [1.165, 1.54) is 55.7 Å². The molecular formula is C57H68N4O. The number of ether oxygens (including phenoxy) is 1. The summed E-state index contributed by atoms with van der Waals surface area (Å²) < 4.78 is 9.35. The van der Waals surface area contributed by atoms with Gasteiger partial charge in [-0.25, -0.2) is 4.98 Å². The highest BCUT2D eigenvalue weighted by Gasteiger charge is 2.32. The molecular weight excluding hydrogens is 757 g/mol. The summed E-state index contributed by atoms with van der Waals surface area (Å²) in [5, 5.41) is 2.40. The van der Waals surface area contributed by atoms with Gasteiger partial charge in [0, 0.05) is 40.5 Å². The van der Waals surface area contributed by atoms with Crippen molar-refractivity contribution < 1.29 is 4.74 Å². The standard InChI is InChI=1S/C57H68N4O/c1-15-37(16-2)38-18-17-19-43(28-38)59-36-60(52-32-40(55(6,7)8)21-25-50(52)59)44-29-42(57(12,13)14)30-46(34-44)62-45-22-23-47-48-31-39(54(3,4)5)20-24-49(48)61(51(47)35-45)53-33-41(26-27-58-53)56(9,10)11/h17-35,37H,15-16,36H2,1-14H3. The lowest BCUT2D eigenvalue weighted by Gasteiger charge is -2.27. The van der Waals surface area contributed by atoms with Crippen LogP contribution in [0.2, 0.25) is 0 Å². The highest BCUT2D eigenvalue weighted by atomic mass is 16.5. The number of nitrogens with zero attached hydrogens (tertiary/aromatic N) is 4. The molecule has 7 aromatic rings. The summed E-state index contributed by atoms with van der Waals surface area (Å²) >= 11 is 0. The summed E-state index contributed by atoms with van der Waals surface area (Å²) in [6.07, 6.45) is 4.21. The maximum atomic E-state index is 7.04. The average molecular weight is 825 g/mol. The van der Waals surface area contributed by atoms with Crippen molar-refractivity contribution in [3.63, 3.8) is 0 Å². The van der Waals surface area contributed by atoms with Crippen LogP contribution in [0, 0.1) is 0 Å². The lowest BCUT2D eigenvalue weighted by Crippen LogP contribution is -2.24. The van der Waals surface area contributed by atoms with Crippen molar-refractivity contribution in [2.75, 3.05) is 16.5 Å². The summed E-state index contributed by atoms with van der Waals surface area (Å²) in [6.45, 7) is 32.7. The maximum absolute atomic E-state index is 7.04. The van der Waals surface area contributed by atoms with Crippen LogP contribution in [0.1, 0.15) is 144 Å². The van der Waals surface area contributed by atoms with Crippen LogP contribution in [0.25, 0.3) is 27.6 Å². The van der Waals surface area contributed by atoms with Gasteiger partial charge in [-0.1, -0.05) is 121 Å². The van der Waals surface area contributed by atoms with Crippen molar-refractivity contribution in [2.45, 2.75) is 137 Å². The molecule has 5 nitrogen and oxygen atoms in total. The molecule has 0 bridgehead atoms. The average Bonchev–Trinajstić information content (AvgIpc) is 3.75. The fourth-order valence-electron chi connectivity index (χ4n) is 9.03. The van der Waals surface area contributed by atoms with E-state index in [0.29, 0.717) is 12.6 Å². The molecule has 0 atom stereocenters. The molecule has 322 valence electrons. The predicted octanol–water partition coefficient (Wildman–Crippen LogP) is 16.3. The Labute approximate surface area is 371 Å². The van der Waals surface area contributed by atoms with Crippen LogP contribution in [-0.2, 0) is 21.7 Å². The Morgan fingerprint density at radius 1 is 0.516 bits per heavy atom. The molecule has 5 aromatic carbocycles. The number of pyridine rings is 1. The summed E-state index contributed by atoms with van der Waals surface area (Å²) in [4.78, 5) is 9.95. The molecule has 0 fully saturated rings. The summed E-state index contributed by atoms with van der Waals surface area (Å²) in [6, 6.07) is 41.0. The van der Waals surface area contributed by atoms with E-state index in [1.54, 1.807) is 0 Å². The normalized spacial score (nSPS) is 13.8. The van der Waals surface area contributed by atoms with Crippen molar-refractivity contribution in [3.05, 3.63) is 143 Å². The minimum atomic E-state index is -0.113. The third-order valence-corrected chi connectivity index (χ3v) is 13.1. The zero-order valence-corrected chi connectivity index (χ0v) is 39.9. The van der Waals surface area contributed by atoms with Gasteiger partial charge >= 0.3 is 0 Å². The molecule has 0 saturated carbocycles. The molecule has 0 N–H and O–H groups in total. The Morgan fingerprint density at radius 3 is 1.84 bits per heavy atom. The van der Waals surface area contributed by atoms with Crippen molar-refractivity contribution in [1.29, 1.82) is 0 Å². The topological polar surface area (TPSA) is 33.5 Å². The van der Waals surface area contributed by atoms with E-state index in [2.05, 4.69) is 220 Å². The van der Waals surface area contributed by atoms with Gasteiger partial charge in [-0.3, -0.25) is 4.57 Å². The van der Waals surface area contributed by atoms with Crippen molar-refractivity contribution in [3.8, 4) is 17.3 Å². The highest BCUT2D eigenvalue weighted by molar-refractivity contribution is 6.09. The Balaban J connectivity index is 1.26. The van der Waals surface area contributed by atoms with E-state index >= 15 is 0 Å². The van der Waals surface area contributed by atoms with Gasteiger partial charge in [0.05, 0.1) is 22.4 Å². The van der Waals surface area contributed by atoms with Crippen LogP contribution < -0.4 is 14.5 Å². The molecule has 0 aliphatic carbocycles. The third-order valence-electron chi connectivity index (χ3n) is 13.1. The number of hydrogen-bond donors (Lipinski definition) is 0. The molecule has 62 heavy (non-hydrogen) atoms. The van der Waals surface area contributed by atoms with E-state index in [4.69, 9.17) is 9.72 Å². The molecule has 3 heterocycles. The van der Waals surface area contributed by atoms with Crippen LogP contribution in [0.15, 0.2) is 115 Å². The number of hydrogen-bond acceptors (Lipinski definition) is 4. The second kappa shape index (κ2) is 15.7. The van der Waals surface area contributed by atoms with Crippen LogP contribution in [0.3, 0.4) is 0 Å². The molecule has 0 radical (unpaired) electrons. The Hall–Kier alpha value is -5.55. The first kappa shape index (κ1) is 43.1. The fourth-order valence-corrected chi connectivity index (χ4v) is 9.03. The molecule has 5 heteroatoms. The second-order valence-electron chi connectivity index (χ2n) is 21.8. The second-order valence-corrected chi connectivity index (χ2v) is 21.8. The Bertz CT molecular complexity index is 2780. The Kier molecular flexibility index (Phi) is 10.9. The SMILES string of the molecule is CCC(CC)c1cccc(N2CN(c3cc(Oc4ccc5c6cc(C(C)(C)C)ccc6n(-c6cc(C(C)(C)C)ccn6)c5c4)cc(C(C)(C)C)c3)c3cc(C(C)(C)C)ccc32)c1. The number of anilines is 4. The van der Waals surface area contributed by atoms with Gasteiger partial charge in [-0.15, -0.1) is 0 Å². The first-order valence-electron chi connectivity index (χ1n) is 22.8. The number of rotatable bonds is 8. The molecule has 0 unspecified atom stereocenters. The van der Waals surface area contributed by atoms with Gasteiger partial charge in [0.25, 0.3) is 0 Å². The first-order chi connectivity index (χ1) is 29.1. The molecule has 0 spiro atoms. The number of benzene rings is 5. The van der Waals surface area contributed by atoms with Crippen LogP contribution >= 0.6 is 0 Å². The summed E-state index contributed by atoms with van der Waals surface area (Å²) in [7, 11) is 0. The van der Waals surface area contributed by atoms with Gasteiger partial charge in [0.1, 0.15) is 24.0 Å². The number of fused-ring (bicyclic) bond motifs is 4. The summed E-state index contributed by atoms with van der Waals surface area (Å²) in [5.74, 6) is 3.07. The van der Waals surface area contributed by atoms with E-state index in [0.717, 1.165) is 46.9 Å². The van der Waals surface area contributed by atoms with Gasteiger partial charge in [0.15, 0.2) is 0 Å². The molecule has 2 aromatic heterocycles.